The van der Waals surface area contributed by atoms with E-state index in [-0.39, 0.29) is 28.4 Å². The number of fused-ring (bicyclic) bond motifs is 1. The standard InChI is InChI=1S/C54H68ClN12O2/c1-36-24-48-39(25-44(36)41-29-57-61(6)30-41)8-7-20-65(48)51-45-33-64(38(3)68)21-14-47(45)67(60-51)42-12-15-52(4,16-13-42)34-62-31-43(32-62)69-50-10-9-49(58-59-50)63-22-18-54(19-23-63)26-37(2)66(35-54)53(5)17-11-40(28-56)46(55)27-53/h9-11,24-25,27,29-30,37,43H,7-8,12-23,26,31-35H2,1-6H3/q+1/t37-,52?,53?/m0/s1. The van der Waals surface area contributed by atoms with E-state index in [4.69, 9.17) is 21.4 Å². The second-order valence-electron chi connectivity index (χ2n) is 22.3. The van der Waals surface area contributed by atoms with Crippen LogP contribution in [-0.2, 0) is 18.3 Å². The Morgan fingerprint density at radius 3 is 2.52 bits per heavy atom. The molecular formula is C54H68ClN12O2+. The number of amidine groups is 1. The molecule has 2 aromatic heterocycles. The van der Waals surface area contributed by atoms with E-state index in [1.54, 1.807) is 6.92 Å². The van der Waals surface area contributed by atoms with E-state index in [9.17, 15) is 10.1 Å². The number of amides is 1. The van der Waals surface area contributed by atoms with Crippen molar-refractivity contribution in [2.45, 2.75) is 123 Å². The van der Waals surface area contributed by atoms with Gasteiger partial charge in [0, 0.05) is 119 Å². The molecule has 1 aromatic carbocycles. The summed E-state index contributed by atoms with van der Waals surface area (Å²) in [6.45, 7) is 19.0. The number of ether oxygens (including phenoxy) is 1. The minimum atomic E-state index is -0.168. The molecule has 3 saturated heterocycles. The van der Waals surface area contributed by atoms with Crippen LogP contribution >= 0.6 is 11.6 Å². The summed E-state index contributed by atoms with van der Waals surface area (Å²) in [6.07, 6.45) is 19.7. The van der Waals surface area contributed by atoms with Crippen LogP contribution in [0, 0.1) is 29.1 Å². The number of hydrogen-bond acceptors (Lipinski definition) is 11. The number of carbonyl (C=O) groups excluding carboxylic acids is 1. The minimum Gasteiger partial charge on any atom is -0.471 e. The quantitative estimate of drug-likeness (QED) is 0.216. The van der Waals surface area contributed by atoms with Gasteiger partial charge in [-0.05, 0) is 124 Å². The average Bonchev–Trinajstić information content (AvgIpc) is 4.03. The number of halogens is 1. The predicted octanol–water partition coefficient (Wildman–Crippen LogP) is 7.98. The van der Waals surface area contributed by atoms with E-state index in [2.05, 4.69) is 104 Å². The first-order valence-corrected chi connectivity index (χ1v) is 25.9. The van der Waals surface area contributed by atoms with E-state index in [1.807, 2.05) is 35.0 Å². The Hall–Kier alpha value is -5.36. The van der Waals surface area contributed by atoms with Gasteiger partial charge in [-0.1, -0.05) is 29.3 Å². The van der Waals surface area contributed by atoms with Crippen molar-refractivity contribution < 1.29 is 14.2 Å². The van der Waals surface area contributed by atoms with Gasteiger partial charge in [0.05, 0.1) is 35.3 Å². The van der Waals surface area contributed by atoms with E-state index in [1.165, 1.54) is 45.8 Å². The first-order chi connectivity index (χ1) is 33.2. The molecule has 11 rings (SSSR count). The highest BCUT2D eigenvalue weighted by Crippen LogP contribution is 2.49. The number of nitriles is 1. The fourth-order valence-corrected chi connectivity index (χ4v) is 13.5. The van der Waals surface area contributed by atoms with Crippen molar-refractivity contribution in [1.29, 1.82) is 5.26 Å². The molecule has 362 valence electrons. The lowest BCUT2D eigenvalue weighted by Gasteiger charge is -2.45. The maximum atomic E-state index is 12.7. The number of benzene rings is 1. The predicted molar refractivity (Wildman–Crippen MR) is 270 cm³/mol. The van der Waals surface area contributed by atoms with Crippen molar-refractivity contribution in [3.05, 3.63) is 81.8 Å². The zero-order valence-electron chi connectivity index (χ0n) is 41.5. The van der Waals surface area contributed by atoms with Gasteiger partial charge in [-0.15, -0.1) is 10.2 Å². The molecule has 0 N–H and O–H groups in total. The zero-order chi connectivity index (χ0) is 47.8. The third-order valence-corrected chi connectivity index (χ3v) is 17.5. The van der Waals surface area contributed by atoms with Gasteiger partial charge in [0.15, 0.2) is 11.5 Å². The molecule has 8 heterocycles. The van der Waals surface area contributed by atoms with E-state index in [0.29, 0.717) is 29.1 Å². The molecule has 14 nitrogen and oxygen atoms in total. The Kier molecular flexibility index (Phi) is 11.9. The fourth-order valence-electron chi connectivity index (χ4n) is 13.2. The molecule has 6 aliphatic heterocycles. The van der Waals surface area contributed by atoms with Crippen LogP contribution in [0.25, 0.3) is 11.1 Å². The fraction of sp³-hybridized carbons (Fsp3) is 0.574. The van der Waals surface area contributed by atoms with Crippen LogP contribution in [0.5, 0.6) is 5.88 Å². The Bertz CT molecular complexity index is 2740. The number of aromatic nitrogens is 4. The van der Waals surface area contributed by atoms with E-state index < -0.39 is 0 Å². The van der Waals surface area contributed by atoms with Gasteiger partial charge in [0.1, 0.15) is 12.2 Å². The topological polar surface area (TPSA) is 125 Å². The summed E-state index contributed by atoms with van der Waals surface area (Å²) in [4.78, 5) is 24.7. The van der Waals surface area contributed by atoms with Crippen molar-refractivity contribution in [2.24, 2.45) is 23.0 Å². The van der Waals surface area contributed by atoms with Gasteiger partial charge < -0.3 is 19.4 Å². The Labute approximate surface area is 412 Å². The zero-order valence-corrected chi connectivity index (χ0v) is 42.2. The molecule has 0 bridgehead atoms. The number of piperidine rings is 1. The van der Waals surface area contributed by atoms with Crippen LogP contribution in [0.4, 0.5) is 11.5 Å². The third-order valence-electron chi connectivity index (χ3n) is 17.2. The normalized spacial score (nSPS) is 27.5. The highest BCUT2D eigenvalue weighted by molar-refractivity contribution is 6.32. The highest BCUT2D eigenvalue weighted by Gasteiger charge is 2.50. The first kappa shape index (κ1) is 46.0. The molecule has 2 atom stereocenters. The lowest BCUT2D eigenvalue weighted by atomic mass is 9.74. The summed E-state index contributed by atoms with van der Waals surface area (Å²) >= 11 is 6.54. The molecule has 8 aliphatic rings. The first-order valence-electron chi connectivity index (χ1n) is 25.5. The number of rotatable bonds is 7. The van der Waals surface area contributed by atoms with Crippen LogP contribution in [0.3, 0.4) is 0 Å². The van der Waals surface area contributed by atoms with Gasteiger partial charge in [-0.25, -0.2) is 0 Å². The summed E-state index contributed by atoms with van der Waals surface area (Å²) in [5.74, 6) is 2.67. The Morgan fingerprint density at radius 2 is 1.83 bits per heavy atom. The maximum absolute atomic E-state index is 12.7. The second kappa shape index (κ2) is 17.8. The van der Waals surface area contributed by atoms with Gasteiger partial charge >= 0.3 is 0 Å². The molecule has 15 heteroatoms. The molecule has 1 unspecified atom stereocenters. The minimum absolute atomic E-state index is 0.119. The molecule has 0 radical (unpaired) electrons. The number of allylic oxidation sites excluding steroid dienone is 2. The Balaban J connectivity index is 0.688. The van der Waals surface area contributed by atoms with Crippen molar-refractivity contribution in [2.75, 3.05) is 68.7 Å². The van der Waals surface area contributed by atoms with E-state index >= 15 is 0 Å². The summed E-state index contributed by atoms with van der Waals surface area (Å²) < 4.78 is 10.6. The van der Waals surface area contributed by atoms with Crippen LogP contribution in [0.1, 0.15) is 103 Å². The largest absolute Gasteiger partial charge is 0.471 e. The molecule has 1 spiro atoms. The summed E-state index contributed by atoms with van der Waals surface area (Å²) in [5, 5.41) is 29.2. The third kappa shape index (κ3) is 8.71. The summed E-state index contributed by atoms with van der Waals surface area (Å²) in [7, 11) is 1.97. The molecule has 69 heavy (non-hydrogen) atoms. The molecular weight excluding hydrogens is 884 g/mol. The number of anilines is 2. The van der Waals surface area contributed by atoms with Crippen molar-refractivity contribution in [1.82, 2.24) is 34.7 Å². The molecule has 1 amide bonds. The van der Waals surface area contributed by atoms with E-state index in [0.717, 1.165) is 134 Å². The lowest BCUT2D eigenvalue weighted by molar-refractivity contribution is -0.485. The van der Waals surface area contributed by atoms with Crippen molar-refractivity contribution in [3.8, 4) is 23.1 Å². The number of hydrazone groups is 1. The Morgan fingerprint density at radius 1 is 1.03 bits per heavy atom. The number of hydrogen-bond donors (Lipinski definition) is 0. The van der Waals surface area contributed by atoms with Crippen molar-refractivity contribution >= 4 is 40.6 Å². The van der Waals surface area contributed by atoms with Crippen LogP contribution in [0.2, 0.25) is 0 Å². The highest BCUT2D eigenvalue weighted by atomic mass is 35.5. The SMILES string of the molecule is CC(=O)N1CCC2=C(C1)C(N1CCCc3cc(-c4cnn(C)c4)c(C)cc31)=N[N+]2=C1CCC(C)(CN2CC(Oc3ccc(N4CCC5(CC4)C[C@H](C)N(C4(C)C=C(Cl)C(C#N)=CC4)C5)nn3)C2)CC1. The molecule has 1 saturated carbocycles. The van der Waals surface area contributed by atoms with Crippen molar-refractivity contribution in [3.63, 3.8) is 0 Å². The smallest absolute Gasteiger partial charge is 0.233 e. The number of aryl methyl sites for hydroxylation is 3. The van der Waals surface area contributed by atoms with Crippen LogP contribution in [0.15, 0.2) is 75.8 Å². The lowest BCUT2D eigenvalue weighted by Crippen LogP contribution is -2.56. The van der Waals surface area contributed by atoms with Crippen LogP contribution in [-0.4, -0.2) is 133 Å². The monoisotopic (exact) mass is 952 g/mol. The van der Waals surface area contributed by atoms with Gasteiger partial charge in [0.25, 0.3) is 0 Å². The number of nitrogens with zero attached hydrogens (tertiary/aromatic N) is 12. The van der Waals surface area contributed by atoms with Gasteiger partial charge in [0.2, 0.25) is 23.3 Å². The maximum Gasteiger partial charge on any atom is 0.233 e. The molecule has 3 aromatic rings. The summed E-state index contributed by atoms with van der Waals surface area (Å²) in [6, 6.07) is 11.5. The second-order valence-corrected chi connectivity index (χ2v) is 22.7. The number of carbonyl (C=O) groups is 1. The van der Waals surface area contributed by atoms with Crippen LogP contribution < -0.4 is 14.5 Å². The van der Waals surface area contributed by atoms with Gasteiger partial charge in [-0.3, -0.25) is 19.3 Å². The number of likely N-dealkylation sites (tertiary alicyclic amines) is 2. The molecule has 4 fully saturated rings. The molecule has 2 aliphatic carbocycles. The summed E-state index contributed by atoms with van der Waals surface area (Å²) in [5.41, 5.74) is 11.0. The van der Waals surface area contributed by atoms with Gasteiger partial charge in [-0.2, -0.15) is 10.4 Å². The average molecular weight is 953 g/mol.